The molecular formula is C20H24ClN5O2. The maximum Gasteiger partial charge on any atom is 0.251 e. The Kier molecular flexibility index (Phi) is 4.34. The maximum absolute atomic E-state index is 11.9. The molecule has 0 aliphatic carbocycles. The Labute approximate surface area is 168 Å². The van der Waals surface area contributed by atoms with Gasteiger partial charge in [0.2, 0.25) is 0 Å². The zero-order valence-electron chi connectivity index (χ0n) is 15.7. The molecule has 0 unspecified atom stereocenters. The number of hydrogen-bond acceptors (Lipinski definition) is 5. The summed E-state index contributed by atoms with van der Waals surface area (Å²) in [7, 11) is 0. The Morgan fingerprint density at radius 2 is 2.18 bits per heavy atom. The molecule has 7 nitrogen and oxygen atoms in total. The molecule has 1 aromatic carbocycles. The van der Waals surface area contributed by atoms with Gasteiger partial charge in [-0.05, 0) is 42.5 Å². The third-order valence-corrected chi connectivity index (χ3v) is 6.44. The van der Waals surface area contributed by atoms with Crippen LogP contribution >= 0.6 is 11.6 Å². The molecule has 148 valence electrons. The van der Waals surface area contributed by atoms with E-state index in [-0.39, 0.29) is 0 Å². The van der Waals surface area contributed by atoms with Gasteiger partial charge in [-0.1, -0.05) is 17.7 Å². The SMILES string of the molecule is NC(=O)[C@@H]1OC2(CCN(Cc3cnn4c3NCCC4)CC2)c2cc(Cl)ccc21. The number of nitrogens with one attached hydrogen (secondary N) is 1. The number of nitrogens with two attached hydrogens (primary N) is 1. The average Bonchev–Trinajstić information content (AvgIpc) is 3.24. The number of carbonyl (C=O) groups excluding carboxylic acids is 1. The first-order valence-electron chi connectivity index (χ1n) is 9.84. The van der Waals surface area contributed by atoms with Crippen LogP contribution in [0.4, 0.5) is 5.82 Å². The third kappa shape index (κ3) is 2.89. The van der Waals surface area contributed by atoms with E-state index in [1.807, 2.05) is 18.3 Å². The molecule has 1 fully saturated rings. The second kappa shape index (κ2) is 6.76. The number of halogens is 1. The van der Waals surface area contributed by atoms with Crippen LogP contribution in [0, 0.1) is 0 Å². The van der Waals surface area contributed by atoms with Crippen molar-refractivity contribution in [2.45, 2.75) is 44.1 Å². The normalized spacial score (nSPS) is 23.2. The van der Waals surface area contributed by atoms with Crippen LogP contribution in [-0.4, -0.2) is 40.2 Å². The number of nitrogens with zero attached hydrogens (tertiary/aromatic N) is 3. The molecule has 2 aromatic rings. The summed E-state index contributed by atoms with van der Waals surface area (Å²) in [6, 6.07) is 5.61. The fraction of sp³-hybridized carbons (Fsp3) is 0.500. The van der Waals surface area contributed by atoms with E-state index in [0.717, 1.165) is 68.9 Å². The van der Waals surface area contributed by atoms with Crippen LogP contribution in [0.15, 0.2) is 24.4 Å². The number of amides is 1. The molecule has 0 saturated carbocycles. The van der Waals surface area contributed by atoms with Gasteiger partial charge >= 0.3 is 0 Å². The van der Waals surface area contributed by atoms with E-state index in [1.165, 1.54) is 5.56 Å². The second-order valence-corrected chi connectivity index (χ2v) is 8.36. The fourth-order valence-electron chi connectivity index (χ4n) is 4.77. The number of aromatic nitrogens is 2. The number of fused-ring (bicyclic) bond motifs is 3. The summed E-state index contributed by atoms with van der Waals surface area (Å²) >= 11 is 6.25. The van der Waals surface area contributed by atoms with Crippen molar-refractivity contribution in [1.29, 1.82) is 0 Å². The highest BCUT2D eigenvalue weighted by Crippen LogP contribution is 2.50. The summed E-state index contributed by atoms with van der Waals surface area (Å²) in [5.41, 5.74) is 8.24. The number of benzene rings is 1. The molecule has 8 heteroatoms. The van der Waals surface area contributed by atoms with Gasteiger partial charge < -0.3 is 15.8 Å². The van der Waals surface area contributed by atoms with Gasteiger partial charge in [0, 0.05) is 43.3 Å². The van der Waals surface area contributed by atoms with Crippen LogP contribution < -0.4 is 11.1 Å². The first-order chi connectivity index (χ1) is 13.6. The molecule has 1 amide bonds. The topological polar surface area (TPSA) is 85.4 Å². The molecule has 0 radical (unpaired) electrons. The molecule has 0 bridgehead atoms. The number of likely N-dealkylation sites (tertiary alicyclic amines) is 1. The number of piperidine rings is 1. The molecule has 4 heterocycles. The van der Waals surface area contributed by atoms with E-state index in [0.29, 0.717) is 5.02 Å². The number of rotatable bonds is 3. The lowest BCUT2D eigenvalue weighted by atomic mass is 9.83. The lowest BCUT2D eigenvalue weighted by Gasteiger charge is -2.39. The molecule has 1 atom stereocenters. The molecule has 28 heavy (non-hydrogen) atoms. The van der Waals surface area contributed by atoms with Gasteiger partial charge in [-0.25, -0.2) is 4.68 Å². The Balaban J connectivity index is 1.34. The smallest absolute Gasteiger partial charge is 0.251 e. The molecule has 5 rings (SSSR count). The molecule has 1 spiro atoms. The van der Waals surface area contributed by atoms with E-state index in [9.17, 15) is 4.79 Å². The van der Waals surface area contributed by atoms with Crippen molar-refractivity contribution in [3.8, 4) is 0 Å². The number of ether oxygens (including phenoxy) is 1. The van der Waals surface area contributed by atoms with Crippen LogP contribution in [0.3, 0.4) is 0 Å². The largest absolute Gasteiger partial charge is 0.370 e. The van der Waals surface area contributed by atoms with Crippen molar-refractivity contribution < 1.29 is 9.53 Å². The van der Waals surface area contributed by atoms with Crippen molar-refractivity contribution >= 4 is 23.3 Å². The van der Waals surface area contributed by atoms with Crippen molar-refractivity contribution in [2.24, 2.45) is 5.73 Å². The monoisotopic (exact) mass is 401 g/mol. The lowest BCUT2D eigenvalue weighted by molar-refractivity contribution is -0.148. The van der Waals surface area contributed by atoms with Crippen molar-refractivity contribution in [2.75, 3.05) is 25.0 Å². The molecule has 3 N–H and O–H groups in total. The Bertz CT molecular complexity index is 919. The number of carbonyl (C=O) groups is 1. The summed E-state index contributed by atoms with van der Waals surface area (Å²) < 4.78 is 8.32. The van der Waals surface area contributed by atoms with Crippen LogP contribution in [0.5, 0.6) is 0 Å². The highest BCUT2D eigenvalue weighted by molar-refractivity contribution is 6.30. The van der Waals surface area contributed by atoms with Crippen molar-refractivity contribution in [1.82, 2.24) is 14.7 Å². The zero-order chi connectivity index (χ0) is 19.3. The van der Waals surface area contributed by atoms with Crippen molar-refractivity contribution in [3.63, 3.8) is 0 Å². The van der Waals surface area contributed by atoms with Crippen LogP contribution in [0.2, 0.25) is 5.02 Å². The molecule has 1 aromatic heterocycles. The summed E-state index contributed by atoms with van der Waals surface area (Å²) in [5, 5.41) is 8.63. The predicted molar refractivity (Wildman–Crippen MR) is 106 cm³/mol. The van der Waals surface area contributed by atoms with E-state index < -0.39 is 17.6 Å². The van der Waals surface area contributed by atoms with Gasteiger partial charge in [0.25, 0.3) is 5.91 Å². The van der Waals surface area contributed by atoms with E-state index in [2.05, 4.69) is 20.0 Å². The highest BCUT2D eigenvalue weighted by atomic mass is 35.5. The van der Waals surface area contributed by atoms with Gasteiger partial charge in [0.15, 0.2) is 6.10 Å². The summed E-state index contributed by atoms with van der Waals surface area (Å²) in [4.78, 5) is 14.3. The van der Waals surface area contributed by atoms with Gasteiger partial charge in [-0.15, -0.1) is 0 Å². The number of aryl methyl sites for hydroxylation is 1. The number of primary amides is 1. The minimum Gasteiger partial charge on any atom is -0.370 e. The third-order valence-electron chi connectivity index (χ3n) is 6.20. The van der Waals surface area contributed by atoms with Gasteiger partial charge in [0.1, 0.15) is 5.82 Å². The standard InChI is InChI=1S/C20H24ClN5O2/c21-14-2-3-15-16(10-14)20(28-17(15)18(22)27)4-8-25(9-5-20)12-13-11-24-26-7-1-6-23-19(13)26/h2-3,10-11,17,23H,1,4-9,12H2,(H2,22,27)/t17-/m1/s1. The lowest BCUT2D eigenvalue weighted by Crippen LogP contribution is -2.42. The predicted octanol–water partition coefficient (Wildman–Crippen LogP) is 2.40. The van der Waals surface area contributed by atoms with E-state index in [1.54, 1.807) is 6.07 Å². The van der Waals surface area contributed by atoms with Crippen LogP contribution in [0.1, 0.15) is 42.1 Å². The van der Waals surface area contributed by atoms with Crippen LogP contribution in [-0.2, 0) is 28.2 Å². The van der Waals surface area contributed by atoms with Crippen molar-refractivity contribution in [3.05, 3.63) is 46.1 Å². The van der Waals surface area contributed by atoms with Gasteiger partial charge in [-0.2, -0.15) is 5.10 Å². The summed E-state index contributed by atoms with van der Waals surface area (Å²) in [6.07, 6.45) is 4.01. The molecule has 3 aliphatic heterocycles. The minimum absolute atomic E-state index is 0.444. The Morgan fingerprint density at radius 1 is 1.36 bits per heavy atom. The quantitative estimate of drug-likeness (QED) is 0.824. The van der Waals surface area contributed by atoms with Gasteiger partial charge in [0.05, 0.1) is 11.8 Å². The molecule has 3 aliphatic rings. The first kappa shape index (κ1) is 18.0. The molecular weight excluding hydrogens is 378 g/mol. The summed E-state index contributed by atoms with van der Waals surface area (Å²) in [6.45, 7) is 4.59. The zero-order valence-corrected chi connectivity index (χ0v) is 16.4. The van der Waals surface area contributed by atoms with E-state index >= 15 is 0 Å². The summed E-state index contributed by atoms with van der Waals surface area (Å²) in [5.74, 6) is 0.704. The van der Waals surface area contributed by atoms with E-state index in [4.69, 9.17) is 22.1 Å². The average molecular weight is 402 g/mol. The molecule has 1 saturated heterocycles. The fourth-order valence-corrected chi connectivity index (χ4v) is 4.94. The van der Waals surface area contributed by atoms with Gasteiger partial charge in [-0.3, -0.25) is 9.69 Å². The Morgan fingerprint density at radius 3 is 2.96 bits per heavy atom. The Hall–Kier alpha value is -2.09. The minimum atomic E-state index is -0.689. The highest BCUT2D eigenvalue weighted by Gasteiger charge is 2.48. The first-order valence-corrected chi connectivity index (χ1v) is 10.2. The van der Waals surface area contributed by atoms with Crippen LogP contribution in [0.25, 0.3) is 0 Å². The maximum atomic E-state index is 11.9. The second-order valence-electron chi connectivity index (χ2n) is 7.92. The number of anilines is 1. The number of hydrogen-bond donors (Lipinski definition) is 2.